The third-order valence-corrected chi connectivity index (χ3v) is 2.93. The maximum Gasteiger partial charge on any atom is 0.224 e. The molecule has 0 aliphatic rings. The molecule has 0 atom stereocenters. The molecule has 106 valence electrons. The number of hydrazine groups is 1. The fourth-order valence-electron chi connectivity index (χ4n) is 1.89. The summed E-state index contributed by atoms with van der Waals surface area (Å²) in [6, 6.07) is 9.75. The third-order valence-electron chi connectivity index (χ3n) is 2.93. The molecule has 2 rings (SSSR count). The molecule has 0 amide bonds. The van der Waals surface area contributed by atoms with E-state index in [-0.39, 0.29) is 0 Å². The molecule has 3 N–H and O–H groups in total. The van der Waals surface area contributed by atoms with Crippen LogP contribution in [0.2, 0.25) is 0 Å². The SMILES string of the molecule is CCCCc1ccc(Oc2cc(NN)nc(C)n2)cc1. The van der Waals surface area contributed by atoms with Gasteiger partial charge in [0.25, 0.3) is 0 Å². The summed E-state index contributed by atoms with van der Waals surface area (Å²) in [7, 11) is 0. The van der Waals surface area contributed by atoms with Gasteiger partial charge in [0.05, 0.1) is 0 Å². The second kappa shape index (κ2) is 6.86. The van der Waals surface area contributed by atoms with Crippen molar-refractivity contribution < 1.29 is 4.74 Å². The van der Waals surface area contributed by atoms with Crippen LogP contribution in [0.4, 0.5) is 5.82 Å². The average molecular weight is 272 g/mol. The Morgan fingerprint density at radius 3 is 2.60 bits per heavy atom. The van der Waals surface area contributed by atoms with Crippen molar-refractivity contribution >= 4 is 5.82 Å². The summed E-state index contributed by atoms with van der Waals surface area (Å²) in [5.41, 5.74) is 3.82. The zero-order valence-corrected chi connectivity index (χ0v) is 11.9. The number of nitrogens with zero attached hydrogens (tertiary/aromatic N) is 2. The van der Waals surface area contributed by atoms with Crippen molar-refractivity contribution in [2.45, 2.75) is 33.1 Å². The first-order chi connectivity index (χ1) is 9.71. The molecule has 1 aromatic heterocycles. The van der Waals surface area contributed by atoms with Gasteiger partial charge >= 0.3 is 0 Å². The summed E-state index contributed by atoms with van der Waals surface area (Å²) in [5, 5.41) is 0. The van der Waals surface area contributed by atoms with Crippen LogP contribution in [0, 0.1) is 6.92 Å². The molecule has 20 heavy (non-hydrogen) atoms. The molecule has 1 aromatic carbocycles. The zero-order chi connectivity index (χ0) is 14.4. The Morgan fingerprint density at radius 2 is 1.95 bits per heavy atom. The first kappa shape index (κ1) is 14.3. The molecular formula is C15H20N4O. The normalized spacial score (nSPS) is 10.3. The number of nitrogens with two attached hydrogens (primary N) is 1. The second-order valence-corrected chi connectivity index (χ2v) is 4.63. The van der Waals surface area contributed by atoms with E-state index in [4.69, 9.17) is 10.6 Å². The lowest BCUT2D eigenvalue weighted by Crippen LogP contribution is -2.09. The highest BCUT2D eigenvalue weighted by atomic mass is 16.5. The first-order valence-corrected chi connectivity index (χ1v) is 6.80. The number of aryl methyl sites for hydroxylation is 2. The second-order valence-electron chi connectivity index (χ2n) is 4.63. The number of aromatic nitrogens is 2. The molecular weight excluding hydrogens is 252 g/mol. The number of rotatable bonds is 6. The molecule has 0 radical (unpaired) electrons. The number of nitrogen functional groups attached to an aromatic ring is 1. The quantitative estimate of drug-likeness (QED) is 0.624. The molecule has 0 saturated heterocycles. The van der Waals surface area contributed by atoms with Crippen molar-refractivity contribution in [2.75, 3.05) is 5.43 Å². The smallest absolute Gasteiger partial charge is 0.224 e. The molecule has 0 spiro atoms. The van der Waals surface area contributed by atoms with Gasteiger partial charge in [0, 0.05) is 6.07 Å². The maximum absolute atomic E-state index is 5.71. The van der Waals surface area contributed by atoms with Crippen molar-refractivity contribution in [3.8, 4) is 11.6 Å². The van der Waals surface area contributed by atoms with Gasteiger partial charge in [-0.05, 0) is 37.5 Å². The summed E-state index contributed by atoms with van der Waals surface area (Å²) in [6.07, 6.45) is 3.51. The van der Waals surface area contributed by atoms with Crippen LogP contribution in [0.25, 0.3) is 0 Å². The summed E-state index contributed by atoms with van der Waals surface area (Å²) in [4.78, 5) is 8.33. The van der Waals surface area contributed by atoms with Crippen LogP contribution in [-0.4, -0.2) is 9.97 Å². The minimum atomic E-state index is 0.478. The van der Waals surface area contributed by atoms with Gasteiger partial charge in [0.1, 0.15) is 17.4 Å². The molecule has 0 aliphatic carbocycles. The number of unbranched alkanes of at least 4 members (excludes halogenated alkanes) is 1. The molecule has 0 unspecified atom stereocenters. The van der Waals surface area contributed by atoms with Gasteiger partial charge in [-0.15, -0.1) is 0 Å². The van der Waals surface area contributed by atoms with Gasteiger partial charge < -0.3 is 10.2 Å². The Hall–Kier alpha value is -2.14. The van der Waals surface area contributed by atoms with Crippen LogP contribution in [0.5, 0.6) is 11.6 Å². The fourth-order valence-corrected chi connectivity index (χ4v) is 1.89. The number of nitrogens with one attached hydrogen (secondary N) is 1. The van der Waals surface area contributed by atoms with E-state index in [0.717, 1.165) is 12.2 Å². The van der Waals surface area contributed by atoms with Crippen molar-refractivity contribution in [1.29, 1.82) is 0 Å². The molecule has 5 nitrogen and oxygen atoms in total. The van der Waals surface area contributed by atoms with E-state index >= 15 is 0 Å². The Balaban J connectivity index is 2.07. The zero-order valence-electron chi connectivity index (χ0n) is 11.9. The molecule has 0 saturated carbocycles. The van der Waals surface area contributed by atoms with Crippen LogP contribution in [0.3, 0.4) is 0 Å². The Morgan fingerprint density at radius 1 is 1.20 bits per heavy atom. The molecule has 0 aliphatic heterocycles. The minimum Gasteiger partial charge on any atom is -0.439 e. The summed E-state index contributed by atoms with van der Waals surface area (Å²) in [6.45, 7) is 3.99. The van der Waals surface area contributed by atoms with E-state index in [9.17, 15) is 0 Å². The van der Waals surface area contributed by atoms with Crippen molar-refractivity contribution in [1.82, 2.24) is 9.97 Å². The Bertz CT molecular complexity index is 554. The minimum absolute atomic E-state index is 0.478. The van der Waals surface area contributed by atoms with E-state index in [1.165, 1.54) is 18.4 Å². The standard InChI is InChI=1S/C15H20N4O/c1-3-4-5-12-6-8-13(9-7-12)20-15-10-14(19-16)17-11(2)18-15/h6-10H,3-5,16H2,1-2H3,(H,17,18,19). The number of ether oxygens (including phenoxy) is 1. The highest BCUT2D eigenvalue weighted by Crippen LogP contribution is 2.22. The maximum atomic E-state index is 5.71. The van der Waals surface area contributed by atoms with Crippen LogP contribution in [0.15, 0.2) is 30.3 Å². The lowest BCUT2D eigenvalue weighted by molar-refractivity contribution is 0.460. The molecule has 2 aromatic rings. The molecule has 5 heteroatoms. The lowest BCUT2D eigenvalue weighted by Gasteiger charge is -2.08. The summed E-state index contributed by atoms with van der Waals surface area (Å²) >= 11 is 0. The average Bonchev–Trinajstić information content (AvgIpc) is 2.46. The van der Waals surface area contributed by atoms with E-state index in [2.05, 4.69) is 34.5 Å². The number of hydrogen-bond acceptors (Lipinski definition) is 5. The predicted octanol–water partition coefficient (Wildman–Crippen LogP) is 3.21. The van der Waals surface area contributed by atoms with Gasteiger partial charge in [-0.2, -0.15) is 4.98 Å². The largest absolute Gasteiger partial charge is 0.439 e. The van der Waals surface area contributed by atoms with Gasteiger partial charge in [0.2, 0.25) is 5.88 Å². The van der Waals surface area contributed by atoms with Crippen molar-refractivity contribution in [2.24, 2.45) is 5.84 Å². The van der Waals surface area contributed by atoms with Crippen LogP contribution in [-0.2, 0) is 6.42 Å². The van der Waals surface area contributed by atoms with Crippen molar-refractivity contribution in [3.63, 3.8) is 0 Å². The molecule has 0 bridgehead atoms. The fraction of sp³-hybridized carbons (Fsp3) is 0.333. The topological polar surface area (TPSA) is 73.1 Å². The summed E-state index contributed by atoms with van der Waals surface area (Å²) in [5.74, 6) is 7.73. The van der Waals surface area contributed by atoms with Gasteiger partial charge in [0.15, 0.2) is 0 Å². The van der Waals surface area contributed by atoms with E-state index < -0.39 is 0 Å². The predicted molar refractivity (Wildman–Crippen MR) is 79.7 cm³/mol. The van der Waals surface area contributed by atoms with E-state index in [1.54, 1.807) is 13.0 Å². The third kappa shape index (κ3) is 3.93. The van der Waals surface area contributed by atoms with Crippen LogP contribution >= 0.6 is 0 Å². The van der Waals surface area contributed by atoms with Crippen LogP contribution in [0.1, 0.15) is 31.2 Å². The molecule has 1 heterocycles. The molecule has 0 fully saturated rings. The number of anilines is 1. The van der Waals surface area contributed by atoms with E-state index in [1.807, 2.05) is 12.1 Å². The Kier molecular flexibility index (Phi) is 4.90. The van der Waals surface area contributed by atoms with Gasteiger partial charge in [-0.25, -0.2) is 10.8 Å². The van der Waals surface area contributed by atoms with Gasteiger partial charge in [-0.1, -0.05) is 25.5 Å². The first-order valence-electron chi connectivity index (χ1n) is 6.80. The van der Waals surface area contributed by atoms with Crippen LogP contribution < -0.4 is 16.0 Å². The highest BCUT2D eigenvalue weighted by Gasteiger charge is 2.03. The lowest BCUT2D eigenvalue weighted by atomic mass is 10.1. The number of hydrogen-bond donors (Lipinski definition) is 2. The van der Waals surface area contributed by atoms with Gasteiger partial charge in [-0.3, -0.25) is 0 Å². The Labute approximate surface area is 119 Å². The highest BCUT2D eigenvalue weighted by molar-refractivity contribution is 5.39. The van der Waals surface area contributed by atoms with E-state index in [0.29, 0.717) is 17.5 Å². The van der Waals surface area contributed by atoms with Crippen molar-refractivity contribution in [3.05, 3.63) is 41.7 Å². The number of benzene rings is 1. The monoisotopic (exact) mass is 272 g/mol. The summed E-state index contributed by atoms with van der Waals surface area (Å²) < 4.78 is 5.71.